The van der Waals surface area contributed by atoms with E-state index in [0.29, 0.717) is 18.6 Å². The molecule has 1 aromatic rings. The smallest absolute Gasteiger partial charge is 0.194 e. The van der Waals surface area contributed by atoms with Gasteiger partial charge in [0.25, 0.3) is 0 Å². The third kappa shape index (κ3) is 2.42. The van der Waals surface area contributed by atoms with E-state index in [1.54, 1.807) is 6.92 Å². The van der Waals surface area contributed by atoms with E-state index < -0.39 is 29.0 Å². The molecule has 0 amide bonds. The SMILES string of the molecule is CCC(C)(C#N)C(O)c1cc(F)c(F)c(F)c1. The van der Waals surface area contributed by atoms with E-state index in [2.05, 4.69) is 0 Å². The van der Waals surface area contributed by atoms with Crippen molar-refractivity contribution in [3.05, 3.63) is 35.1 Å². The minimum Gasteiger partial charge on any atom is -0.387 e. The molecule has 0 aromatic heterocycles. The molecule has 2 unspecified atom stereocenters. The first-order valence-corrected chi connectivity index (χ1v) is 5.09. The lowest BCUT2D eigenvalue weighted by Gasteiger charge is -2.26. The predicted octanol–water partition coefficient (Wildman–Crippen LogP) is 3.08. The molecule has 1 rings (SSSR count). The molecule has 0 aliphatic heterocycles. The van der Waals surface area contributed by atoms with Crippen molar-refractivity contribution in [2.24, 2.45) is 5.41 Å². The molecule has 0 spiro atoms. The van der Waals surface area contributed by atoms with Crippen molar-refractivity contribution in [2.45, 2.75) is 26.4 Å². The average molecular weight is 243 g/mol. The van der Waals surface area contributed by atoms with Crippen LogP contribution < -0.4 is 0 Å². The lowest BCUT2D eigenvalue weighted by molar-refractivity contribution is 0.0714. The van der Waals surface area contributed by atoms with Gasteiger partial charge in [0.05, 0.1) is 17.6 Å². The second kappa shape index (κ2) is 4.76. The van der Waals surface area contributed by atoms with Gasteiger partial charge < -0.3 is 5.11 Å². The standard InChI is InChI=1S/C12H12F3NO/c1-3-12(2,6-16)11(17)7-4-8(13)10(15)9(14)5-7/h4-5,11,17H,3H2,1-2H3. The van der Waals surface area contributed by atoms with Crippen LogP contribution in [-0.4, -0.2) is 5.11 Å². The van der Waals surface area contributed by atoms with Crippen LogP contribution in [-0.2, 0) is 0 Å². The van der Waals surface area contributed by atoms with Crippen molar-refractivity contribution in [3.63, 3.8) is 0 Å². The minimum absolute atomic E-state index is 0.146. The van der Waals surface area contributed by atoms with Crippen LogP contribution in [0.2, 0.25) is 0 Å². The summed E-state index contributed by atoms with van der Waals surface area (Å²) in [7, 11) is 0. The third-order valence-electron chi connectivity index (χ3n) is 2.92. The van der Waals surface area contributed by atoms with Gasteiger partial charge in [0.2, 0.25) is 0 Å². The largest absolute Gasteiger partial charge is 0.387 e. The molecule has 92 valence electrons. The number of nitrogens with zero attached hydrogens (tertiary/aromatic N) is 1. The van der Waals surface area contributed by atoms with Crippen LogP contribution in [0, 0.1) is 34.2 Å². The fourth-order valence-corrected chi connectivity index (χ4v) is 1.43. The molecule has 0 heterocycles. The molecule has 0 fully saturated rings. The van der Waals surface area contributed by atoms with Gasteiger partial charge in [-0.25, -0.2) is 13.2 Å². The van der Waals surface area contributed by atoms with E-state index in [1.165, 1.54) is 6.92 Å². The van der Waals surface area contributed by atoms with Gasteiger partial charge in [-0.1, -0.05) is 6.92 Å². The molecule has 0 saturated carbocycles. The summed E-state index contributed by atoms with van der Waals surface area (Å²) >= 11 is 0. The highest BCUT2D eigenvalue weighted by molar-refractivity contribution is 5.25. The molecule has 2 atom stereocenters. The lowest BCUT2D eigenvalue weighted by atomic mass is 9.80. The first kappa shape index (κ1) is 13.5. The summed E-state index contributed by atoms with van der Waals surface area (Å²) in [6.45, 7) is 3.14. The van der Waals surface area contributed by atoms with Crippen LogP contribution in [0.1, 0.15) is 31.9 Å². The molecule has 1 aromatic carbocycles. The van der Waals surface area contributed by atoms with Crippen molar-refractivity contribution in [2.75, 3.05) is 0 Å². The Bertz CT molecular complexity index is 446. The highest BCUT2D eigenvalue weighted by Crippen LogP contribution is 2.36. The lowest BCUT2D eigenvalue weighted by Crippen LogP contribution is -2.23. The quantitative estimate of drug-likeness (QED) is 0.829. The maximum absolute atomic E-state index is 13.0. The maximum Gasteiger partial charge on any atom is 0.194 e. The molecule has 17 heavy (non-hydrogen) atoms. The van der Waals surface area contributed by atoms with E-state index in [4.69, 9.17) is 5.26 Å². The number of hydrogen-bond acceptors (Lipinski definition) is 2. The summed E-state index contributed by atoms with van der Waals surface area (Å²) < 4.78 is 38.7. The van der Waals surface area contributed by atoms with Gasteiger partial charge in [-0.3, -0.25) is 0 Å². The summed E-state index contributed by atoms with van der Waals surface area (Å²) in [6.07, 6.45) is -1.08. The Labute approximate surface area is 97.3 Å². The molecule has 5 heteroatoms. The second-order valence-corrected chi connectivity index (χ2v) is 4.08. The Hall–Kier alpha value is -1.54. The predicted molar refractivity (Wildman–Crippen MR) is 55.3 cm³/mol. The van der Waals surface area contributed by atoms with E-state index in [9.17, 15) is 18.3 Å². The van der Waals surface area contributed by atoms with Crippen LogP contribution >= 0.6 is 0 Å². The number of aliphatic hydroxyl groups is 1. The normalized spacial score (nSPS) is 16.1. The van der Waals surface area contributed by atoms with Crippen LogP contribution in [0.5, 0.6) is 0 Å². The Morgan fingerprint density at radius 1 is 1.35 bits per heavy atom. The molecule has 0 radical (unpaired) electrons. The minimum atomic E-state index is -1.59. The van der Waals surface area contributed by atoms with Crippen molar-refractivity contribution < 1.29 is 18.3 Å². The fourth-order valence-electron chi connectivity index (χ4n) is 1.43. The Kier molecular flexibility index (Phi) is 3.79. The van der Waals surface area contributed by atoms with Crippen molar-refractivity contribution in [1.82, 2.24) is 0 Å². The zero-order valence-corrected chi connectivity index (χ0v) is 9.47. The van der Waals surface area contributed by atoms with E-state index in [1.807, 2.05) is 6.07 Å². The highest BCUT2D eigenvalue weighted by atomic mass is 19.2. The molecule has 0 aliphatic rings. The number of rotatable bonds is 3. The molecule has 2 nitrogen and oxygen atoms in total. The van der Waals surface area contributed by atoms with E-state index in [0.717, 1.165) is 0 Å². The summed E-state index contributed by atoms with van der Waals surface area (Å²) in [5.41, 5.74) is -1.32. The number of hydrogen-bond donors (Lipinski definition) is 1. The van der Waals surface area contributed by atoms with Gasteiger partial charge in [-0.15, -0.1) is 0 Å². The van der Waals surface area contributed by atoms with Gasteiger partial charge in [0, 0.05) is 0 Å². The fraction of sp³-hybridized carbons (Fsp3) is 0.417. The van der Waals surface area contributed by atoms with Crippen LogP contribution in [0.25, 0.3) is 0 Å². The molecule has 0 aliphatic carbocycles. The molecule has 0 saturated heterocycles. The Balaban J connectivity index is 3.23. The van der Waals surface area contributed by atoms with Crippen molar-refractivity contribution in [1.29, 1.82) is 5.26 Å². The van der Waals surface area contributed by atoms with Gasteiger partial charge in [-0.05, 0) is 31.0 Å². The van der Waals surface area contributed by atoms with Gasteiger partial charge >= 0.3 is 0 Å². The highest BCUT2D eigenvalue weighted by Gasteiger charge is 2.33. The summed E-state index contributed by atoms with van der Waals surface area (Å²) in [5, 5.41) is 18.8. The number of nitriles is 1. The monoisotopic (exact) mass is 243 g/mol. The first-order valence-electron chi connectivity index (χ1n) is 5.09. The first-order chi connectivity index (χ1) is 7.85. The zero-order valence-electron chi connectivity index (χ0n) is 9.47. The molecule has 0 bridgehead atoms. The van der Waals surface area contributed by atoms with Gasteiger partial charge in [0.15, 0.2) is 17.5 Å². The summed E-state index contributed by atoms with van der Waals surface area (Å²) in [5.74, 6) is -4.35. The van der Waals surface area contributed by atoms with Crippen molar-refractivity contribution in [3.8, 4) is 6.07 Å². The average Bonchev–Trinajstić information content (AvgIpc) is 2.33. The van der Waals surface area contributed by atoms with Crippen LogP contribution in [0.4, 0.5) is 13.2 Å². The van der Waals surface area contributed by atoms with Crippen LogP contribution in [0.3, 0.4) is 0 Å². The second-order valence-electron chi connectivity index (χ2n) is 4.08. The molecular formula is C12H12F3NO. The third-order valence-corrected chi connectivity index (χ3v) is 2.92. The summed E-state index contributed by atoms with van der Waals surface area (Å²) in [4.78, 5) is 0. The van der Waals surface area contributed by atoms with E-state index in [-0.39, 0.29) is 5.56 Å². The Morgan fingerprint density at radius 2 is 1.82 bits per heavy atom. The van der Waals surface area contributed by atoms with Gasteiger partial charge in [-0.2, -0.15) is 5.26 Å². The maximum atomic E-state index is 13.0. The van der Waals surface area contributed by atoms with Crippen LogP contribution in [0.15, 0.2) is 12.1 Å². The van der Waals surface area contributed by atoms with E-state index >= 15 is 0 Å². The molecular weight excluding hydrogens is 231 g/mol. The number of aliphatic hydroxyl groups excluding tert-OH is 1. The Morgan fingerprint density at radius 3 is 2.18 bits per heavy atom. The van der Waals surface area contributed by atoms with Gasteiger partial charge in [0.1, 0.15) is 0 Å². The molecule has 1 N–H and O–H groups in total. The number of halogens is 3. The van der Waals surface area contributed by atoms with Crippen molar-refractivity contribution >= 4 is 0 Å². The summed E-state index contributed by atoms with van der Waals surface area (Å²) in [6, 6.07) is 3.30. The zero-order chi connectivity index (χ0) is 13.2. The number of benzene rings is 1. The topological polar surface area (TPSA) is 44.0 Å².